The molecule has 1 N–H and O–H groups in total. The lowest BCUT2D eigenvalue weighted by atomic mass is 10.1. The van der Waals surface area contributed by atoms with Gasteiger partial charge >= 0.3 is 0 Å². The Kier molecular flexibility index (Phi) is 8.44. The zero-order valence-corrected chi connectivity index (χ0v) is 17.4. The molecule has 146 valence electrons. The molecule has 26 heavy (non-hydrogen) atoms. The molecule has 0 radical (unpaired) electrons. The molecule has 1 heterocycles. The summed E-state index contributed by atoms with van der Waals surface area (Å²) in [5.41, 5.74) is 1.000. The summed E-state index contributed by atoms with van der Waals surface area (Å²) in [5.74, 6) is 0.650. The maximum atomic E-state index is 13.0. The van der Waals surface area contributed by atoms with Crippen molar-refractivity contribution >= 4 is 27.7 Å². The van der Waals surface area contributed by atoms with Gasteiger partial charge in [0.25, 0.3) is 0 Å². The normalized spacial score (nSPS) is 17.4. The zero-order chi connectivity index (χ0) is 19.0. The smallest absolute Gasteiger partial charge is 0.241 e. The molecule has 2 rings (SSSR count). The Labute approximate surface area is 162 Å². The molecule has 0 spiro atoms. The second-order valence-corrected chi connectivity index (χ2v) is 9.56. The molecule has 0 saturated carbocycles. The average Bonchev–Trinajstić information content (AvgIpc) is 2.58. The van der Waals surface area contributed by atoms with E-state index in [1.165, 1.54) is 6.42 Å². The molecule has 1 aliphatic heterocycles. The summed E-state index contributed by atoms with van der Waals surface area (Å²) in [6.07, 6.45) is 7.94. The number of amides is 1. The first kappa shape index (κ1) is 21.3. The fraction of sp³-hybridized carbons (Fsp3) is 0.632. The van der Waals surface area contributed by atoms with Crippen molar-refractivity contribution in [3.05, 3.63) is 29.8 Å². The Morgan fingerprint density at radius 2 is 1.69 bits per heavy atom. The number of hydrogen-bond acceptors (Lipinski definition) is 4. The molecule has 1 amide bonds. The molecule has 1 fully saturated rings. The first-order chi connectivity index (χ1) is 12.4. The molecular formula is C19H30N2O3S2. The molecule has 1 unspecified atom stereocenters. The van der Waals surface area contributed by atoms with E-state index in [4.69, 9.17) is 0 Å². The van der Waals surface area contributed by atoms with Crippen LogP contribution < -0.4 is 4.72 Å². The van der Waals surface area contributed by atoms with Crippen LogP contribution in [0.3, 0.4) is 0 Å². The van der Waals surface area contributed by atoms with Gasteiger partial charge in [-0.05, 0) is 50.3 Å². The van der Waals surface area contributed by atoms with E-state index in [9.17, 15) is 13.2 Å². The Morgan fingerprint density at radius 1 is 1.12 bits per heavy atom. The highest BCUT2D eigenvalue weighted by molar-refractivity contribution is 7.98. The van der Waals surface area contributed by atoms with Gasteiger partial charge in [0.2, 0.25) is 15.9 Å². The van der Waals surface area contributed by atoms with Crippen molar-refractivity contribution in [3.8, 4) is 0 Å². The maximum Gasteiger partial charge on any atom is 0.241 e. The molecule has 0 bridgehead atoms. The third kappa shape index (κ3) is 6.28. The number of carbonyl (C=O) groups is 1. The van der Waals surface area contributed by atoms with Crippen molar-refractivity contribution in [3.63, 3.8) is 0 Å². The van der Waals surface area contributed by atoms with Crippen LogP contribution in [0.1, 0.15) is 44.1 Å². The molecule has 1 atom stereocenters. The van der Waals surface area contributed by atoms with Gasteiger partial charge in [-0.2, -0.15) is 16.5 Å². The predicted octanol–water partition coefficient (Wildman–Crippen LogP) is 3.19. The molecule has 1 aliphatic rings. The van der Waals surface area contributed by atoms with Gasteiger partial charge in [0, 0.05) is 13.1 Å². The summed E-state index contributed by atoms with van der Waals surface area (Å²) < 4.78 is 28.1. The van der Waals surface area contributed by atoms with Gasteiger partial charge in [0.15, 0.2) is 0 Å². The first-order valence-electron chi connectivity index (χ1n) is 9.31. The van der Waals surface area contributed by atoms with Crippen LogP contribution in [0.25, 0.3) is 0 Å². The Morgan fingerprint density at radius 3 is 2.27 bits per heavy atom. The molecule has 7 heteroatoms. The van der Waals surface area contributed by atoms with Crippen molar-refractivity contribution in [2.45, 2.75) is 56.4 Å². The van der Waals surface area contributed by atoms with E-state index >= 15 is 0 Å². The van der Waals surface area contributed by atoms with E-state index in [1.54, 1.807) is 36.0 Å². The summed E-state index contributed by atoms with van der Waals surface area (Å²) in [6.45, 7) is 3.36. The van der Waals surface area contributed by atoms with Crippen molar-refractivity contribution in [2.24, 2.45) is 0 Å². The number of nitrogens with zero attached hydrogens (tertiary/aromatic N) is 1. The number of likely N-dealkylation sites (tertiary alicyclic amines) is 1. The van der Waals surface area contributed by atoms with Gasteiger partial charge in [-0.3, -0.25) is 4.79 Å². The third-order valence-electron chi connectivity index (χ3n) is 4.71. The molecule has 5 nitrogen and oxygen atoms in total. The second kappa shape index (κ2) is 10.3. The molecule has 1 aromatic rings. The highest BCUT2D eigenvalue weighted by Crippen LogP contribution is 2.16. The summed E-state index contributed by atoms with van der Waals surface area (Å²) in [7, 11) is -3.71. The maximum absolute atomic E-state index is 13.0. The van der Waals surface area contributed by atoms with Crippen LogP contribution in [0, 0.1) is 6.92 Å². The zero-order valence-electron chi connectivity index (χ0n) is 15.7. The van der Waals surface area contributed by atoms with Gasteiger partial charge in [-0.25, -0.2) is 8.42 Å². The van der Waals surface area contributed by atoms with E-state index in [-0.39, 0.29) is 10.8 Å². The van der Waals surface area contributed by atoms with Crippen LogP contribution in [0.15, 0.2) is 29.2 Å². The SMILES string of the molecule is CSCCC(NS(=O)(=O)c1ccc(C)cc1)C(=O)N1CCCCCCC1. The van der Waals surface area contributed by atoms with Crippen molar-refractivity contribution in [1.82, 2.24) is 9.62 Å². The topological polar surface area (TPSA) is 66.5 Å². The van der Waals surface area contributed by atoms with Crippen molar-refractivity contribution < 1.29 is 13.2 Å². The third-order valence-corrected chi connectivity index (χ3v) is 6.84. The summed E-state index contributed by atoms with van der Waals surface area (Å²) in [4.78, 5) is 15.1. The van der Waals surface area contributed by atoms with Gasteiger partial charge in [0.05, 0.1) is 4.90 Å². The Bertz CT molecular complexity index is 667. The van der Waals surface area contributed by atoms with Gasteiger partial charge in [-0.15, -0.1) is 0 Å². The number of nitrogens with one attached hydrogen (secondary N) is 1. The largest absolute Gasteiger partial charge is 0.341 e. The Balaban J connectivity index is 2.14. The minimum Gasteiger partial charge on any atom is -0.341 e. The quantitative estimate of drug-likeness (QED) is 0.766. The number of aryl methyl sites for hydroxylation is 1. The van der Waals surface area contributed by atoms with Crippen LogP contribution in [-0.2, 0) is 14.8 Å². The van der Waals surface area contributed by atoms with Gasteiger partial charge in [0.1, 0.15) is 6.04 Å². The number of sulfonamides is 1. The van der Waals surface area contributed by atoms with E-state index in [2.05, 4.69) is 4.72 Å². The molecule has 0 aliphatic carbocycles. The Hall–Kier alpha value is -1.05. The lowest BCUT2D eigenvalue weighted by Gasteiger charge is -2.29. The number of carbonyl (C=O) groups excluding carboxylic acids is 1. The van der Waals surface area contributed by atoms with E-state index < -0.39 is 16.1 Å². The standard InChI is InChI=1S/C19H30N2O3S2/c1-16-8-10-17(11-9-16)26(23,24)20-18(12-15-25-2)19(22)21-13-6-4-3-5-7-14-21/h8-11,18,20H,3-7,12-15H2,1-2H3. The first-order valence-corrected chi connectivity index (χ1v) is 12.2. The summed E-state index contributed by atoms with van der Waals surface area (Å²) >= 11 is 1.62. The fourth-order valence-corrected chi connectivity index (χ4v) is 4.82. The average molecular weight is 399 g/mol. The summed E-state index contributed by atoms with van der Waals surface area (Å²) in [5, 5.41) is 0. The van der Waals surface area contributed by atoms with Crippen LogP contribution in [0.4, 0.5) is 0 Å². The summed E-state index contributed by atoms with van der Waals surface area (Å²) in [6, 6.07) is 6.01. The minimum absolute atomic E-state index is 0.0864. The number of hydrogen-bond donors (Lipinski definition) is 1. The molecule has 0 aromatic heterocycles. The number of rotatable bonds is 7. The monoisotopic (exact) mass is 398 g/mol. The second-order valence-electron chi connectivity index (χ2n) is 6.86. The molecule has 1 saturated heterocycles. The van der Waals surface area contributed by atoms with Crippen molar-refractivity contribution in [1.29, 1.82) is 0 Å². The minimum atomic E-state index is -3.71. The van der Waals surface area contributed by atoms with Crippen molar-refractivity contribution in [2.75, 3.05) is 25.1 Å². The van der Waals surface area contributed by atoms with Gasteiger partial charge < -0.3 is 4.90 Å². The molecule has 1 aromatic carbocycles. The highest BCUT2D eigenvalue weighted by atomic mass is 32.2. The molecular weight excluding hydrogens is 368 g/mol. The van der Waals surface area contributed by atoms with E-state index in [0.29, 0.717) is 6.42 Å². The van der Waals surface area contributed by atoms with Crippen LogP contribution in [0.5, 0.6) is 0 Å². The number of benzene rings is 1. The van der Waals surface area contributed by atoms with E-state index in [0.717, 1.165) is 50.1 Å². The van der Waals surface area contributed by atoms with E-state index in [1.807, 2.05) is 18.1 Å². The van der Waals surface area contributed by atoms with Crippen LogP contribution >= 0.6 is 11.8 Å². The number of thioether (sulfide) groups is 1. The lowest BCUT2D eigenvalue weighted by molar-refractivity contribution is -0.133. The highest BCUT2D eigenvalue weighted by Gasteiger charge is 2.29. The van der Waals surface area contributed by atoms with Crippen LogP contribution in [0.2, 0.25) is 0 Å². The lowest BCUT2D eigenvalue weighted by Crippen LogP contribution is -2.49. The van der Waals surface area contributed by atoms with Crippen LogP contribution in [-0.4, -0.2) is 50.4 Å². The van der Waals surface area contributed by atoms with Gasteiger partial charge in [-0.1, -0.05) is 37.0 Å². The fourth-order valence-electron chi connectivity index (χ4n) is 3.13. The predicted molar refractivity (Wildman–Crippen MR) is 108 cm³/mol.